The number of nitrogens with zero attached hydrogens (tertiary/aromatic N) is 1. The molecule has 3 nitrogen and oxygen atoms in total. The van der Waals surface area contributed by atoms with Crippen LogP contribution in [0.25, 0.3) is 0 Å². The topological polar surface area (TPSA) is 38.5 Å². The summed E-state index contributed by atoms with van der Waals surface area (Å²) >= 11 is 0. The standard InChI is InChI=1S/C16H26N2O/c1-3-13(2)12-19-16-6-4-15(5-7-16)18-10-8-14(17)9-11-18/h4-7,13-14H,3,8-12,17H2,1-2H3. The minimum atomic E-state index is 0.384. The third kappa shape index (κ3) is 4.13. The van der Waals surface area contributed by atoms with Gasteiger partial charge in [-0.15, -0.1) is 0 Å². The van der Waals surface area contributed by atoms with Crippen LogP contribution in [0.15, 0.2) is 24.3 Å². The van der Waals surface area contributed by atoms with Gasteiger partial charge in [0.2, 0.25) is 0 Å². The monoisotopic (exact) mass is 262 g/mol. The van der Waals surface area contributed by atoms with Crippen LogP contribution in [0.2, 0.25) is 0 Å². The number of ether oxygens (including phenoxy) is 1. The minimum absolute atomic E-state index is 0.384. The second-order valence-corrected chi connectivity index (χ2v) is 5.64. The van der Waals surface area contributed by atoms with Crippen molar-refractivity contribution in [2.45, 2.75) is 39.2 Å². The summed E-state index contributed by atoms with van der Waals surface area (Å²) in [5, 5.41) is 0. The number of hydrogen-bond acceptors (Lipinski definition) is 3. The highest BCUT2D eigenvalue weighted by molar-refractivity contribution is 5.49. The summed E-state index contributed by atoms with van der Waals surface area (Å²) in [7, 11) is 0. The van der Waals surface area contributed by atoms with Crippen molar-refractivity contribution in [3.63, 3.8) is 0 Å². The number of benzene rings is 1. The van der Waals surface area contributed by atoms with Gasteiger partial charge >= 0.3 is 0 Å². The number of piperidine rings is 1. The van der Waals surface area contributed by atoms with E-state index < -0.39 is 0 Å². The first-order valence-corrected chi connectivity index (χ1v) is 7.42. The Balaban J connectivity index is 1.87. The highest BCUT2D eigenvalue weighted by atomic mass is 16.5. The molecule has 19 heavy (non-hydrogen) atoms. The molecule has 1 atom stereocenters. The van der Waals surface area contributed by atoms with Gasteiger partial charge in [-0.05, 0) is 43.0 Å². The van der Waals surface area contributed by atoms with Gasteiger partial charge in [0.05, 0.1) is 6.61 Å². The highest BCUT2D eigenvalue weighted by Gasteiger charge is 2.16. The maximum atomic E-state index is 5.93. The molecule has 1 aromatic rings. The Bertz CT molecular complexity index is 369. The lowest BCUT2D eigenvalue weighted by molar-refractivity contribution is 0.256. The summed E-state index contributed by atoms with van der Waals surface area (Å²) in [6.45, 7) is 7.33. The van der Waals surface area contributed by atoms with Crippen LogP contribution in [-0.2, 0) is 0 Å². The van der Waals surface area contributed by atoms with Gasteiger partial charge in [-0.25, -0.2) is 0 Å². The molecule has 0 bridgehead atoms. The molecule has 1 fully saturated rings. The Morgan fingerprint density at radius 3 is 2.47 bits per heavy atom. The molecule has 1 aliphatic heterocycles. The van der Waals surface area contributed by atoms with Gasteiger partial charge in [-0.3, -0.25) is 0 Å². The van der Waals surface area contributed by atoms with Gasteiger partial charge in [0.1, 0.15) is 5.75 Å². The van der Waals surface area contributed by atoms with Gasteiger partial charge in [-0.1, -0.05) is 20.3 Å². The zero-order chi connectivity index (χ0) is 13.7. The van der Waals surface area contributed by atoms with Gasteiger partial charge < -0.3 is 15.4 Å². The van der Waals surface area contributed by atoms with E-state index in [1.165, 1.54) is 5.69 Å². The van der Waals surface area contributed by atoms with Crippen LogP contribution in [-0.4, -0.2) is 25.7 Å². The van der Waals surface area contributed by atoms with E-state index in [4.69, 9.17) is 10.5 Å². The average Bonchev–Trinajstić information content (AvgIpc) is 2.46. The van der Waals surface area contributed by atoms with Crippen molar-refractivity contribution in [2.24, 2.45) is 11.7 Å². The van der Waals surface area contributed by atoms with Crippen molar-refractivity contribution in [2.75, 3.05) is 24.6 Å². The fourth-order valence-corrected chi connectivity index (χ4v) is 2.27. The fourth-order valence-electron chi connectivity index (χ4n) is 2.27. The third-order valence-electron chi connectivity index (χ3n) is 3.97. The Kier molecular flexibility index (Phi) is 5.08. The molecule has 0 saturated carbocycles. The number of hydrogen-bond donors (Lipinski definition) is 1. The molecule has 3 heteroatoms. The molecule has 0 aliphatic carbocycles. The van der Waals surface area contributed by atoms with Gasteiger partial charge in [0.15, 0.2) is 0 Å². The van der Waals surface area contributed by atoms with E-state index in [9.17, 15) is 0 Å². The summed E-state index contributed by atoms with van der Waals surface area (Å²) in [5.74, 6) is 1.58. The lowest BCUT2D eigenvalue weighted by Gasteiger charge is -2.32. The van der Waals surface area contributed by atoms with Gasteiger partial charge in [0.25, 0.3) is 0 Å². The summed E-state index contributed by atoms with van der Waals surface area (Å²) < 4.78 is 5.78. The van der Waals surface area contributed by atoms with Gasteiger partial charge in [0, 0.05) is 24.8 Å². The van der Waals surface area contributed by atoms with Crippen LogP contribution in [0, 0.1) is 5.92 Å². The molecule has 0 spiro atoms. The first-order valence-electron chi connectivity index (χ1n) is 7.42. The number of nitrogens with two attached hydrogens (primary N) is 1. The fraction of sp³-hybridized carbons (Fsp3) is 0.625. The molecular weight excluding hydrogens is 236 g/mol. The van der Waals surface area contributed by atoms with Crippen LogP contribution in [0.3, 0.4) is 0 Å². The first-order chi connectivity index (χ1) is 9.19. The summed E-state index contributed by atoms with van der Waals surface area (Å²) in [6.07, 6.45) is 3.34. The van der Waals surface area contributed by atoms with Crippen molar-refractivity contribution in [1.82, 2.24) is 0 Å². The predicted octanol–water partition coefficient (Wildman–Crippen LogP) is 3.04. The Morgan fingerprint density at radius 1 is 1.26 bits per heavy atom. The lowest BCUT2D eigenvalue weighted by Crippen LogP contribution is -2.39. The minimum Gasteiger partial charge on any atom is -0.493 e. The van der Waals surface area contributed by atoms with E-state index >= 15 is 0 Å². The van der Waals surface area contributed by atoms with E-state index in [2.05, 4.69) is 43.0 Å². The summed E-state index contributed by atoms with van der Waals surface area (Å²) in [4.78, 5) is 2.40. The van der Waals surface area contributed by atoms with Crippen molar-refractivity contribution < 1.29 is 4.74 Å². The molecule has 0 radical (unpaired) electrons. The maximum absolute atomic E-state index is 5.93. The molecule has 1 unspecified atom stereocenters. The van der Waals surface area contributed by atoms with Gasteiger partial charge in [-0.2, -0.15) is 0 Å². The van der Waals surface area contributed by atoms with Crippen LogP contribution < -0.4 is 15.4 Å². The molecule has 1 saturated heterocycles. The quantitative estimate of drug-likeness (QED) is 0.886. The van der Waals surface area contributed by atoms with E-state index in [1.807, 2.05) is 0 Å². The van der Waals surface area contributed by atoms with Crippen molar-refractivity contribution >= 4 is 5.69 Å². The molecule has 0 amide bonds. The summed E-state index contributed by atoms with van der Waals surface area (Å²) in [6, 6.07) is 8.85. The van der Waals surface area contributed by atoms with Crippen LogP contribution in [0.1, 0.15) is 33.1 Å². The van der Waals surface area contributed by atoms with Crippen molar-refractivity contribution in [1.29, 1.82) is 0 Å². The van der Waals surface area contributed by atoms with Crippen LogP contribution >= 0.6 is 0 Å². The SMILES string of the molecule is CCC(C)COc1ccc(N2CCC(N)CC2)cc1. The predicted molar refractivity (Wildman–Crippen MR) is 80.8 cm³/mol. The van der Waals surface area contributed by atoms with Crippen molar-refractivity contribution in [3.8, 4) is 5.75 Å². The molecule has 1 heterocycles. The highest BCUT2D eigenvalue weighted by Crippen LogP contribution is 2.22. The van der Waals surface area contributed by atoms with E-state index in [0.717, 1.165) is 44.7 Å². The second-order valence-electron chi connectivity index (χ2n) is 5.64. The lowest BCUT2D eigenvalue weighted by atomic mass is 10.1. The van der Waals surface area contributed by atoms with Crippen LogP contribution in [0.5, 0.6) is 5.75 Å². The Hall–Kier alpha value is -1.22. The molecule has 106 valence electrons. The van der Waals surface area contributed by atoms with E-state index in [0.29, 0.717) is 12.0 Å². The third-order valence-corrected chi connectivity index (χ3v) is 3.97. The second kappa shape index (κ2) is 6.80. The molecule has 1 aliphatic rings. The summed E-state index contributed by atoms with van der Waals surface area (Å²) in [5.41, 5.74) is 7.21. The maximum Gasteiger partial charge on any atom is 0.119 e. The number of rotatable bonds is 5. The smallest absolute Gasteiger partial charge is 0.119 e. The van der Waals surface area contributed by atoms with Crippen molar-refractivity contribution in [3.05, 3.63) is 24.3 Å². The Labute approximate surface area is 116 Å². The Morgan fingerprint density at radius 2 is 1.89 bits per heavy atom. The molecule has 2 rings (SSSR count). The molecule has 0 aromatic heterocycles. The zero-order valence-corrected chi connectivity index (χ0v) is 12.1. The normalized spacial score (nSPS) is 18.4. The largest absolute Gasteiger partial charge is 0.493 e. The van der Waals surface area contributed by atoms with Crippen LogP contribution in [0.4, 0.5) is 5.69 Å². The average molecular weight is 262 g/mol. The molecule has 2 N–H and O–H groups in total. The zero-order valence-electron chi connectivity index (χ0n) is 12.1. The molecule has 1 aromatic carbocycles. The molecular formula is C16H26N2O. The van der Waals surface area contributed by atoms with E-state index in [1.54, 1.807) is 0 Å². The number of anilines is 1. The van der Waals surface area contributed by atoms with E-state index in [-0.39, 0.29) is 0 Å². The first kappa shape index (κ1) is 14.2.